The van der Waals surface area contributed by atoms with Gasteiger partial charge in [0, 0.05) is 10.8 Å². The molecular weight excluding hydrogens is 302 g/mol. The van der Waals surface area contributed by atoms with Crippen molar-refractivity contribution in [2.45, 2.75) is 37.6 Å². The quantitative estimate of drug-likeness (QED) is 0.481. The van der Waals surface area contributed by atoms with E-state index in [0.29, 0.717) is 17.9 Å². The van der Waals surface area contributed by atoms with Gasteiger partial charge in [-0.05, 0) is 30.5 Å². The number of fused-ring (bicyclic) bond motifs is 1. The van der Waals surface area contributed by atoms with E-state index in [1.165, 1.54) is 7.11 Å². The number of ether oxygens (including phenoxy) is 3. The maximum Gasteiger partial charge on any atom is 0.306 e. The molecule has 1 aliphatic carbocycles. The molecule has 3 atom stereocenters. The van der Waals surface area contributed by atoms with Crippen LogP contribution >= 0.6 is 0 Å². The van der Waals surface area contributed by atoms with Crippen LogP contribution in [-0.2, 0) is 9.53 Å². The van der Waals surface area contributed by atoms with E-state index in [1.807, 2.05) is 12.1 Å². The summed E-state index contributed by atoms with van der Waals surface area (Å²) in [7, 11) is 1.31. The Kier molecular flexibility index (Phi) is 4.36. The summed E-state index contributed by atoms with van der Waals surface area (Å²) in [6.45, 7) is 0.174. The molecule has 0 bridgehead atoms. The molecule has 1 fully saturated rings. The third kappa shape index (κ3) is 3.09. The van der Waals surface area contributed by atoms with Crippen molar-refractivity contribution in [1.82, 2.24) is 0 Å². The van der Waals surface area contributed by atoms with E-state index in [1.54, 1.807) is 6.07 Å². The molecule has 7 nitrogen and oxygen atoms in total. The van der Waals surface area contributed by atoms with Crippen LogP contribution in [0, 0.1) is 16.0 Å². The molecule has 0 radical (unpaired) electrons. The number of carbonyl (C=O) groups excluding carboxylic acids is 1. The molecule has 1 aliphatic heterocycles. The first-order valence-electron chi connectivity index (χ1n) is 7.70. The Balaban J connectivity index is 1.87. The van der Waals surface area contributed by atoms with Crippen molar-refractivity contribution < 1.29 is 23.9 Å². The second-order valence-electron chi connectivity index (χ2n) is 5.97. The fourth-order valence-electron chi connectivity index (χ4n) is 3.62. The lowest BCUT2D eigenvalue weighted by atomic mass is 9.73. The number of nitrogens with zero attached hydrogens (tertiary/aromatic N) is 1. The summed E-state index contributed by atoms with van der Waals surface area (Å²) < 4.78 is 15.3. The first-order valence-corrected chi connectivity index (χ1v) is 7.70. The summed E-state index contributed by atoms with van der Waals surface area (Å²) in [5.41, 5.74) is 0.866. The molecule has 1 aromatic carbocycles. The molecule has 0 N–H and O–H groups in total. The topological polar surface area (TPSA) is 87.9 Å². The lowest BCUT2D eigenvalue weighted by molar-refractivity contribution is -0.539. The van der Waals surface area contributed by atoms with E-state index in [0.717, 1.165) is 18.4 Å². The van der Waals surface area contributed by atoms with E-state index < -0.39 is 12.0 Å². The number of hydrogen-bond acceptors (Lipinski definition) is 6. The Labute approximate surface area is 133 Å². The van der Waals surface area contributed by atoms with Crippen LogP contribution in [0.5, 0.6) is 11.5 Å². The SMILES string of the molecule is COC(=O)C[C@@H]1CCC[C@H](c2ccc3c(c2)OCO3)[C@@H]1[N+](=O)[O-]. The Hall–Kier alpha value is -2.31. The van der Waals surface area contributed by atoms with Crippen LogP contribution in [0.2, 0.25) is 0 Å². The maximum atomic E-state index is 11.6. The lowest BCUT2D eigenvalue weighted by Crippen LogP contribution is -2.39. The molecular formula is C16H19NO6. The molecule has 1 aromatic rings. The summed E-state index contributed by atoms with van der Waals surface area (Å²) in [5, 5.41) is 11.6. The summed E-state index contributed by atoms with van der Waals surface area (Å²) >= 11 is 0. The third-order valence-corrected chi connectivity index (χ3v) is 4.71. The Bertz CT molecular complexity index is 617. The van der Waals surface area contributed by atoms with Crippen molar-refractivity contribution in [3.8, 4) is 11.5 Å². The van der Waals surface area contributed by atoms with Gasteiger partial charge in [0.2, 0.25) is 12.8 Å². The van der Waals surface area contributed by atoms with Crippen LogP contribution in [0.3, 0.4) is 0 Å². The molecule has 23 heavy (non-hydrogen) atoms. The summed E-state index contributed by atoms with van der Waals surface area (Å²) in [5.74, 6) is 0.353. The van der Waals surface area contributed by atoms with Crippen molar-refractivity contribution in [3.63, 3.8) is 0 Å². The van der Waals surface area contributed by atoms with Gasteiger partial charge in [-0.15, -0.1) is 0 Å². The summed E-state index contributed by atoms with van der Waals surface area (Å²) in [6, 6.07) is 4.68. The highest BCUT2D eigenvalue weighted by atomic mass is 16.7. The van der Waals surface area contributed by atoms with Gasteiger partial charge in [-0.3, -0.25) is 14.9 Å². The van der Waals surface area contributed by atoms with Gasteiger partial charge >= 0.3 is 5.97 Å². The Morgan fingerprint density at radius 2 is 2.13 bits per heavy atom. The fourth-order valence-corrected chi connectivity index (χ4v) is 3.62. The number of rotatable bonds is 4. The number of esters is 1. The molecule has 0 amide bonds. The molecule has 1 heterocycles. The summed E-state index contributed by atoms with van der Waals surface area (Å²) in [4.78, 5) is 23.0. The molecule has 0 unspecified atom stereocenters. The molecule has 2 aliphatic rings. The number of benzene rings is 1. The highest BCUT2D eigenvalue weighted by Crippen LogP contribution is 2.42. The zero-order valence-electron chi connectivity index (χ0n) is 12.9. The van der Waals surface area contributed by atoms with Gasteiger partial charge in [0.05, 0.1) is 19.4 Å². The first-order chi connectivity index (χ1) is 11.1. The van der Waals surface area contributed by atoms with Crippen LogP contribution < -0.4 is 9.47 Å². The monoisotopic (exact) mass is 321 g/mol. The predicted molar refractivity (Wildman–Crippen MR) is 80.1 cm³/mol. The van der Waals surface area contributed by atoms with Crippen molar-refractivity contribution >= 4 is 5.97 Å². The van der Waals surface area contributed by atoms with Crippen LogP contribution in [0.1, 0.15) is 37.2 Å². The largest absolute Gasteiger partial charge is 0.469 e. The number of nitro groups is 1. The molecule has 1 saturated carbocycles. The van der Waals surface area contributed by atoms with E-state index in [-0.39, 0.29) is 30.0 Å². The van der Waals surface area contributed by atoms with Crippen molar-refractivity contribution in [2.75, 3.05) is 13.9 Å². The molecule has 124 valence electrons. The Morgan fingerprint density at radius 3 is 2.87 bits per heavy atom. The highest BCUT2D eigenvalue weighted by molar-refractivity contribution is 5.69. The number of methoxy groups -OCH3 is 1. The second kappa shape index (κ2) is 6.44. The van der Waals surface area contributed by atoms with E-state index in [2.05, 4.69) is 4.74 Å². The normalized spacial score (nSPS) is 25.9. The van der Waals surface area contributed by atoms with Gasteiger partial charge < -0.3 is 14.2 Å². The maximum absolute atomic E-state index is 11.6. The average molecular weight is 321 g/mol. The third-order valence-electron chi connectivity index (χ3n) is 4.71. The van der Waals surface area contributed by atoms with Gasteiger partial charge in [-0.25, -0.2) is 0 Å². The van der Waals surface area contributed by atoms with Gasteiger partial charge in [-0.1, -0.05) is 12.5 Å². The molecule has 3 rings (SSSR count). The zero-order chi connectivity index (χ0) is 16.4. The highest BCUT2D eigenvalue weighted by Gasteiger charge is 2.44. The van der Waals surface area contributed by atoms with Crippen LogP contribution in [0.15, 0.2) is 18.2 Å². The smallest absolute Gasteiger partial charge is 0.306 e. The van der Waals surface area contributed by atoms with E-state index in [4.69, 9.17) is 9.47 Å². The van der Waals surface area contributed by atoms with Gasteiger partial charge in [-0.2, -0.15) is 0 Å². The van der Waals surface area contributed by atoms with E-state index in [9.17, 15) is 14.9 Å². The van der Waals surface area contributed by atoms with Crippen LogP contribution in [-0.4, -0.2) is 30.8 Å². The number of carbonyl (C=O) groups is 1. The van der Waals surface area contributed by atoms with Gasteiger partial charge in [0.15, 0.2) is 11.5 Å². The van der Waals surface area contributed by atoms with Gasteiger partial charge in [0.1, 0.15) is 0 Å². The average Bonchev–Trinajstić information content (AvgIpc) is 3.01. The summed E-state index contributed by atoms with van der Waals surface area (Å²) in [6.07, 6.45) is 2.33. The second-order valence-corrected chi connectivity index (χ2v) is 5.97. The number of hydrogen-bond donors (Lipinski definition) is 0. The predicted octanol–water partition coefficient (Wildman–Crippen LogP) is 2.51. The minimum absolute atomic E-state index is 0.0865. The molecule has 7 heteroatoms. The molecule has 0 spiro atoms. The Morgan fingerprint density at radius 1 is 1.35 bits per heavy atom. The fraction of sp³-hybridized carbons (Fsp3) is 0.562. The van der Waals surface area contributed by atoms with Crippen molar-refractivity contribution in [3.05, 3.63) is 33.9 Å². The molecule has 0 aromatic heterocycles. The van der Waals surface area contributed by atoms with Gasteiger partial charge in [0.25, 0.3) is 0 Å². The lowest BCUT2D eigenvalue weighted by Gasteiger charge is -2.32. The van der Waals surface area contributed by atoms with Crippen molar-refractivity contribution in [1.29, 1.82) is 0 Å². The minimum Gasteiger partial charge on any atom is -0.469 e. The molecule has 0 saturated heterocycles. The zero-order valence-corrected chi connectivity index (χ0v) is 12.9. The van der Waals surface area contributed by atoms with Crippen LogP contribution in [0.25, 0.3) is 0 Å². The van der Waals surface area contributed by atoms with Crippen LogP contribution in [0.4, 0.5) is 0 Å². The standard InChI is InChI=1S/C16H19NO6/c1-21-15(18)8-11-3-2-4-12(16(11)17(19)20)10-5-6-13-14(7-10)23-9-22-13/h5-7,11-12,16H,2-4,8-9H2,1H3/t11-,12+,16+/m0/s1. The minimum atomic E-state index is -0.789. The van der Waals surface area contributed by atoms with E-state index >= 15 is 0 Å². The van der Waals surface area contributed by atoms with Crippen molar-refractivity contribution in [2.24, 2.45) is 5.92 Å². The first kappa shape index (κ1) is 15.6.